The SMILES string of the molecule is O=C(Nc1ccccc1C#Cc1ccccc1OC1CCCCO1)C(F)(F)F. The zero-order valence-electron chi connectivity index (χ0n) is 14.9. The number of ether oxygens (including phenoxy) is 2. The molecular weight excluding hydrogens is 371 g/mol. The summed E-state index contributed by atoms with van der Waals surface area (Å²) in [5.74, 6) is 4.22. The molecule has 28 heavy (non-hydrogen) atoms. The van der Waals surface area contributed by atoms with Crippen LogP contribution in [0.2, 0.25) is 0 Å². The Morgan fingerprint density at radius 1 is 1.04 bits per heavy atom. The van der Waals surface area contributed by atoms with E-state index in [9.17, 15) is 18.0 Å². The molecule has 0 radical (unpaired) electrons. The number of nitrogens with one attached hydrogen (secondary N) is 1. The molecule has 2 aromatic carbocycles. The Balaban J connectivity index is 1.82. The second-order valence-electron chi connectivity index (χ2n) is 6.16. The molecule has 2 aromatic rings. The zero-order valence-corrected chi connectivity index (χ0v) is 14.9. The van der Waals surface area contributed by atoms with Crippen LogP contribution in [-0.2, 0) is 9.53 Å². The summed E-state index contributed by atoms with van der Waals surface area (Å²) in [5, 5.41) is 1.85. The monoisotopic (exact) mass is 389 g/mol. The van der Waals surface area contributed by atoms with Gasteiger partial charge in [-0.3, -0.25) is 4.79 Å². The highest BCUT2D eigenvalue weighted by molar-refractivity contribution is 5.96. The third-order valence-corrected chi connectivity index (χ3v) is 4.05. The minimum absolute atomic E-state index is 0.00802. The minimum atomic E-state index is -4.97. The van der Waals surface area contributed by atoms with Crippen molar-refractivity contribution < 1.29 is 27.4 Å². The van der Waals surface area contributed by atoms with E-state index in [0.29, 0.717) is 17.9 Å². The van der Waals surface area contributed by atoms with Crippen LogP contribution in [0.3, 0.4) is 0 Å². The maximum Gasteiger partial charge on any atom is 0.471 e. The Hall–Kier alpha value is -2.98. The molecule has 1 amide bonds. The van der Waals surface area contributed by atoms with Crippen LogP contribution in [0.25, 0.3) is 0 Å². The first-order chi connectivity index (χ1) is 13.4. The molecule has 1 atom stereocenters. The number of anilines is 1. The van der Waals surface area contributed by atoms with Gasteiger partial charge in [-0.05, 0) is 37.1 Å². The van der Waals surface area contributed by atoms with Crippen molar-refractivity contribution in [1.82, 2.24) is 0 Å². The molecule has 0 spiro atoms. The van der Waals surface area contributed by atoms with Crippen LogP contribution >= 0.6 is 0 Å². The van der Waals surface area contributed by atoms with Crippen LogP contribution < -0.4 is 10.1 Å². The molecule has 0 bridgehead atoms. The maximum absolute atomic E-state index is 12.5. The lowest BCUT2D eigenvalue weighted by Gasteiger charge is -2.23. The first kappa shape index (κ1) is 19.8. The fraction of sp³-hybridized carbons (Fsp3) is 0.286. The topological polar surface area (TPSA) is 47.6 Å². The molecular formula is C21H18F3NO3. The lowest BCUT2D eigenvalue weighted by molar-refractivity contribution is -0.167. The summed E-state index contributed by atoms with van der Waals surface area (Å²) in [6.07, 6.45) is -2.50. The van der Waals surface area contributed by atoms with Crippen LogP contribution in [0.15, 0.2) is 48.5 Å². The Labute approximate surface area is 160 Å². The molecule has 1 saturated heterocycles. The van der Waals surface area contributed by atoms with Crippen molar-refractivity contribution in [2.24, 2.45) is 0 Å². The number of halogens is 3. The summed E-state index contributed by atoms with van der Waals surface area (Å²) in [5.41, 5.74) is 0.837. The van der Waals surface area contributed by atoms with Crippen molar-refractivity contribution >= 4 is 11.6 Å². The van der Waals surface area contributed by atoms with Crippen molar-refractivity contribution in [3.8, 4) is 17.6 Å². The number of carbonyl (C=O) groups is 1. The van der Waals surface area contributed by atoms with E-state index in [2.05, 4.69) is 11.8 Å². The molecule has 1 heterocycles. The van der Waals surface area contributed by atoms with Gasteiger partial charge in [0.25, 0.3) is 0 Å². The Morgan fingerprint density at radius 3 is 2.43 bits per heavy atom. The Morgan fingerprint density at radius 2 is 1.71 bits per heavy atom. The quantitative estimate of drug-likeness (QED) is 0.787. The van der Waals surface area contributed by atoms with Gasteiger partial charge in [-0.25, -0.2) is 0 Å². The van der Waals surface area contributed by atoms with E-state index in [1.54, 1.807) is 30.3 Å². The molecule has 1 aliphatic heterocycles. The van der Waals surface area contributed by atoms with E-state index in [0.717, 1.165) is 19.3 Å². The predicted molar refractivity (Wildman–Crippen MR) is 97.8 cm³/mol. The Bertz CT molecular complexity index is 893. The second-order valence-corrected chi connectivity index (χ2v) is 6.16. The van der Waals surface area contributed by atoms with Crippen molar-refractivity contribution in [1.29, 1.82) is 0 Å². The van der Waals surface area contributed by atoms with Crippen LogP contribution in [0, 0.1) is 11.8 Å². The van der Waals surface area contributed by atoms with Crippen molar-refractivity contribution in [3.63, 3.8) is 0 Å². The van der Waals surface area contributed by atoms with E-state index in [1.807, 2.05) is 5.32 Å². The van der Waals surface area contributed by atoms with Gasteiger partial charge in [0.05, 0.1) is 17.9 Å². The van der Waals surface area contributed by atoms with Gasteiger partial charge in [0.15, 0.2) is 6.29 Å². The van der Waals surface area contributed by atoms with Crippen molar-refractivity contribution in [3.05, 3.63) is 59.7 Å². The number of para-hydroxylation sites is 2. The second kappa shape index (κ2) is 8.81. The molecule has 1 fully saturated rings. The normalized spacial score (nSPS) is 16.6. The number of benzene rings is 2. The smallest absolute Gasteiger partial charge is 0.464 e. The molecule has 146 valence electrons. The molecule has 1 N–H and O–H groups in total. The van der Waals surface area contributed by atoms with Crippen LogP contribution in [0.5, 0.6) is 5.75 Å². The summed E-state index contributed by atoms with van der Waals surface area (Å²) >= 11 is 0. The number of hydrogen-bond acceptors (Lipinski definition) is 3. The first-order valence-electron chi connectivity index (χ1n) is 8.80. The van der Waals surface area contributed by atoms with Gasteiger partial charge in [-0.15, -0.1) is 0 Å². The predicted octanol–water partition coefficient (Wildman–Crippen LogP) is 4.49. The highest BCUT2D eigenvalue weighted by Gasteiger charge is 2.38. The molecule has 0 aliphatic carbocycles. The first-order valence-corrected chi connectivity index (χ1v) is 8.80. The van der Waals surface area contributed by atoms with Gasteiger partial charge >= 0.3 is 12.1 Å². The average molecular weight is 389 g/mol. The third kappa shape index (κ3) is 5.27. The summed E-state index contributed by atoms with van der Waals surface area (Å²) in [7, 11) is 0. The summed E-state index contributed by atoms with van der Waals surface area (Å²) in [6.45, 7) is 0.644. The zero-order chi connectivity index (χ0) is 20.0. The van der Waals surface area contributed by atoms with Crippen LogP contribution in [-0.4, -0.2) is 25.0 Å². The van der Waals surface area contributed by atoms with Crippen molar-refractivity contribution in [2.75, 3.05) is 11.9 Å². The fourth-order valence-electron chi connectivity index (χ4n) is 2.65. The standard InChI is InChI=1S/C21H18F3NO3/c22-21(23,24)20(26)25-17-9-3-1-7-15(17)12-13-16-8-2-4-10-18(16)28-19-11-5-6-14-27-19/h1-4,7-10,19H,5-6,11,14H2,(H,25,26). The van der Waals surface area contributed by atoms with Gasteiger partial charge in [0.1, 0.15) is 5.75 Å². The van der Waals surface area contributed by atoms with Gasteiger partial charge < -0.3 is 14.8 Å². The van der Waals surface area contributed by atoms with Gasteiger partial charge in [-0.2, -0.15) is 13.2 Å². The molecule has 4 nitrogen and oxygen atoms in total. The summed E-state index contributed by atoms with van der Waals surface area (Å²) < 4.78 is 49.0. The van der Waals surface area contributed by atoms with E-state index < -0.39 is 12.1 Å². The van der Waals surface area contributed by atoms with Crippen molar-refractivity contribution in [2.45, 2.75) is 31.7 Å². The molecule has 7 heteroatoms. The molecule has 3 rings (SSSR count). The molecule has 1 aliphatic rings. The van der Waals surface area contributed by atoms with Crippen LogP contribution in [0.4, 0.5) is 18.9 Å². The fourth-order valence-corrected chi connectivity index (χ4v) is 2.65. The van der Waals surface area contributed by atoms with E-state index >= 15 is 0 Å². The summed E-state index contributed by atoms with van der Waals surface area (Å²) in [6, 6.07) is 13.2. The molecule has 0 aromatic heterocycles. The van der Waals surface area contributed by atoms with E-state index in [-0.39, 0.29) is 17.5 Å². The number of amides is 1. The van der Waals surface area contributed by atoms with E-state index in [1.165, 1.54) is 18.2 Å². The maximum atomic E-state index is 12.5. The minimum Gasteiger partial charge on any atom is -0.464 e. The highest BCUT2D eigenvalue weighted by atomic mass is 19.4. The number of hydrogen-bond donors (Lipinski definition) is 1. The third-order valence-electron chi connectivity index (χ3n) is 4.05. The number of carbonyl (C=O) groups excluding carboxylic acids is 1. The van der Waals surface area contributed by atoms with Gasteiger partial charge in [0.2, 0.25) is 0 Å². The summed E-state index contributed by atoms with van der Waals surface area (Å²) in [4.78, 5) is 11.2. The lowest BCUT2D eigenvalue weighted by Crippen LogP contribution is -2.30. The highest BCUT2D eigenvalue weighted by Crippen LogP contribution is 2.24. The lowest BCUT2D eigenvalue weighted by atomic mass is 10.1. The molecule has 1 unspecified atom stereocenters. The largest absolute Gasteiger partial charge is 0.471 e. The average Bonchev–Trinajstić information content (AvgIpc) is 2.68. The van der Waals surface area contributed by atoms with E-state index in [4.69, 9.17) is 9.47 Å². The Kier molecular flexibility index (Phi) is 6.22. The van der Waals surface area contributed by atoms with Gasteiger partial charge in [-0.1, -0.05) is 36.1 Å². The van der Waals surface area contributed by atoms with Gasteiger partial charge in [0, 0.05) is 12.0 Å². The molecule has 0 saturated carbocycles. The number of rotatable bonds is 3. The van der Waals surface area contributed by atoms with Crippen LogP contribution in [0.1, 0.15) is 30.4 Å². The number of alkyl halides is 3.